The topological polar surface area (TPSA) is 230 Å². The fraction of sp³-hybridized carbons (Fsp3) is 0.602. The number of β-amino-alcohol motifs (C(OH)–C–C–N with tert-alkyl or cyclic N) is 4. The molecule has 606 valence electrons. The molecule has 0 aliphatic carbocycles. The first-order valence-electron chi connectivity index (χ1n) is 39.2. The quantitative estimate of drug-likeness (QED) is 0.0455. The number of nitrogens with one attached hydrogen (secondary N) is 3. The highest BCUT2D eigenvalue weighted by molar-refractivity contribution is 6.42. The van der Waals surface area contributed by atoms with Crippen LogP contribution in [-0.4, -0.2) is 336 Å². The maximum atomic E-state index is 13.0. The van der Waals surface area contributed by atoms with Gasteiger partial charge in [0.25, 0.3) is 0 Å². The number of halogens is 4. The summed E-state index contributed by atoms with van der Waals surface area (Å²) in [5.74, 6) is 0.894. The van der Waals surface area contributed by atoms with Crippen LogP contribution in [0.2, 0.25) is 10.0 Å². The summed E-state index contributed by atoms with van der Waals surface area (Å²) < 4.78 is 0. The number of nitrogens with zero attached hydrogens (tertiary/aromatic N) is 11. The minimum Gasteiger partial charge on any atom is -0.392 e. The molecule has 9 heterocycles. The lowest BCUT2D eigenvalue weighted by molar-refractivity contribution is -0.142. The van der Waals surface area contributed by atoms with Gasteiger partial charge in [-0.1, -0.05) is 158 Å². The monoisotopic (exact) mass is 1590 g/mol. The molecule has 9 saturated heterocycles. The molecule has 0 spiro atoms. The van der Waals surface area contributed by atoms with Crippen LogP contribution in [0.15, 0.2) is 140 Å². The molecule has 5 unspecified atom stereocenters. The van der Waals surface area contributed by atoms with E-state index in [1.807, 2.05) is 15.9 Å². The first kappa shape index (κ1) is 91.2. The summed E-state index contributed by atoms with van der Waals surface area (Å²) in [5.41, 5.74) is 10.9. The predicted molar refractivity (Wildman–Crippen MR) is 444 cm³/mol. The summed E-state index contributed by atoms with van der Waals surface area (Å²) in [6.45, 7) is 31.7. The van der Waals surface area contributed by atoms with Crippen LogP contribution in [0.4, 0.5) is 0 Å². The number of aliphatic hydroxyl groups excluding tert-OH is 4. The van der Waals surface area contributed by atoms with E-state index < -0.39 is 0 Å². The summed E-state index contributed by atoms with van der Waals surface area (Å²) in [6.07, 6.45) is 3.04. The van der Waals surface area contributed by atoms with E-state index >= 15 is 0 Å². The van der Waals surface area contributed by atoms with Gasteiger partial charge >= 0.3 is 0 Å². The van der Waals surface area contributed by atoms with Crippen molar-refractivity contribution in [1.82, 2.24) is 69.8 Å². The Morgan fingerprint density at radius 3 is 1.28 bits per heavy atom. The minimum atomic E-state index is -0.308. The highest BCUT2D eigenvalue weighted by Gasteiger charge is 2.36. The molecule has 0 aromatic heterocycles. The molecule has 9 fully saturated rings. The Hall–Kier alpha value is -4.97. The summed E-state index contributed by atoms with van der Waals surface area (Å²) in [7, 11) is 1.50. The van der Waals surface area contributed by atoms with Gasteiger partial charge in [-0.05, 0) is 72.7 Å². The van der Waals surface area contributed by atoms with Crippen LogP contribution in [0.1, 0.15) is 74.8 Å². The van der Waals surface area contributed by atoms with Gasteiger partial charge in [-0.15, -0.1) is 24.0 Å². The third kappa shape index (κ3) is 31.4. The molecule has 0 radical (unpaired) electrons. The van der Waals surface area contributed by atoms with Crippen LogP contribution in [-0.2, 0) is 47.0 Å². The first-order chi connectivity index (χ1) is 51.9. The van der Waals surface area contributed by atoms with Gasteiger partial charge in [-0.3, -0.25) is 53.6 Å². The lowest BCUT2D eigenvalue weighted by atomic mass is 10.1. The van der Waals surface area contributed by atoms with Gasteiger partial charge in [-0.2, -0.15) is 0 Å². The van der Waals surface area contributed by atoms with Crippen molar-refractivity contribution in [3.8, 4) is 0 Å². The maximum absolute atomic E-state index is 13.0. The van der Waals surface area contributed by atoms with E-state index in [1.54, 1.807) is 30.9 Å². The second kappa shape index (κ2) is 48.9. The van der Waals surface area contributed by atoms with E-state index in [2.05, 4.69) is 182 Å². The van der Waals surface area contributed by atoms with Crippen LogP contribution >= 0.6 is 47.2 Å². The number of nitrogens with two attached hydrogens (primary N) is 1. The average Bonchev–Trinajstić information content (AvgIpc) is 1.70. The van der Waals surface area contributed by atoms with Crippen LogP contribution < -0.4 is 21.7 Å². The molecule has 9 aliphatic heterocycles. The Balaban J connectivity index is 0.000000192. The van der Waals surface area contributed by atoms with Gasteiger partial charge in [0.15, 0.2) is 0 Å². The molecule has 0 saturated carbocycles. The summed E-state index contributed by atoms with van der Waals surface area (Å²) >= 11 is 18.3. The number of piperazine rings is 5. The highest BCUT2D eigenvalue weighted by atomic mass is 35.5. The number of hydrogen-bond acceptors (Lipinski definition) is 19. The zero-order valence-electron chi connectivity index (χ0n) is 64.2. The Labute approximate surface area is 672 Å². The van der Waals surface area contributed by atoms with Gasteiger partial charge < -0.3 is 56.8 Å². The molecule has 9 N–H and O–H groups in total. The molecule has 0 bridgehead atoms. The van der Waals surface area contributed by atoms with E-state index in [9.17, 15) is 34.8 Å². The number of aliphatic hydroxyl groups is 4. The Bertz CT molecular complexity index is 3350. The normalized spacial score (nSPS) is 25.3. The second-order valence-corrected chi connectivity index (χ2v) is 31.3. The van der Waals surface area contributed by atoms with Gasteiger partial charge in [0, 0.05) is 247 Å². The van der Waals surface area contributed by atoms with Crippen molar-refractivity contribution < 1.29 is 34.8 Å². The molecule has 9 aliphatic rings. The molecule has 22 nitrogen and oxygen atoms in total. The minimum absolute atomic E-state index is 0. The summed E-state index contributed by atoms with van der Waals surface area (Å²) in [6, 6.07) is 50.0. The molecule has 14 rings (SSSR count). The fourth-order valence-electron chi connectivity index (χ4n) is 16.0. The Kier molecular flexibility index (Phi) is 41.0. The lowest BCUT2D eigenvalue weighted by Crippen LogP contribution is -2.59. The smallest absolute Gasteiger partial charge is 0.227 e. The predicted octanol–water partition coefficient (Wildman–Crippen LogP) is 5.83. The number of hydrogen-bond donors (Lipinski definition) is 8. The van der Waals surface area contributed by atoms with Crippen LogP contribution in [0.25, 0.3) is 0 Å². The number of rotatable bonds is 19. The first-order valence-corrected chi connectivity index (χ1v) is 40.5. The van der Waals surface area contributed by atoms with Crippen molar-refractivity contribution in [2.24, 2.45) is 5.73 Å². The number of carbonyl (C=O) groups excluding carboxylic acids is 3. The van der Waals surface area contributed by atoms with Crippen molar-refractivity contribution in [1.29, 1.82) is 0 Å². The van der Waals surface area contributed by atoms with Crippen molar-refractivity contribution in [3.63, 3.8) is 0 Å². The average molecular weight is 1590 g/mol. The van der Waals surface area contributed by atoms with Crippen molar-refractivity contribution in [2.45, 2.75) is 134 Å². The lowest BCUT2D eigenvalue weighted by Gasteiger charge is -2.43. The fourth-order valence-corrected chi connectivity index (χ4v) is 16.6. The Morgan fingerprint density at radius 2 is 0.844 bits per heavy atom. The Morgan fingerprint density at radius 1 is 0.422 bits per heavy atom. The number of benzene rings is 5. The van der Waals surface area contributed by atoms with Gasteiger partial charge in [0.1, 0.15) is 0 Å². The summed E-state index contributed by atoms with van der Waals surface area (Å²) in [4.78, 5) is 61.1. The van der Waals surface area contributed by atoms with E-state index in [0.29, 0.717) is 72.8 Å². The van der Waals surface area contributed by atoms with Crippen LogP contribution in [0, 0.1) is 0 Å². The number of carbonyl (C=O) groups is 3. The second-order valence-electron chi connectivity index (χ2n) is 30.2. The maximum Gasteiger partial charge on any atom is 0.227 e. The van der Waals surface area contributed by atoms with Crippen molar-refractivity contribution in [3.05, 3.63) is 177 Å². The zero-order valence-corrected chi connectivity index (χ0v) is 67.3. The van der Waals surface area contributed by atoms with E-state index in [4.69, 9.17) is 34.8 Å². The standard InChI is InChI=1S/C23H31N3O.C19H25Cl2N3O3.C19H23ClN2.C11H21N3O2.C9H19N3O.CH5N.CH4.ClH/c27-23-11-12-24(19-23)17-22-18-25(15-20-7-3-1-4-8-20)13-14-26(22)16-21-9-5-2-6-10-21;1-13(25)23-6-7-24(15(11-23)10-22-5-4-16(26)12-22)19(27)9-14-2-3-17(20)18(21)8-14;20-13-19-16-21(14-17-7-3-1-4-8-17)11-12-22(19)15-18-9-5-2-6-10-18;1-9(15)14-5-3-12-10(7-14)6-13-4-2-11(16)8-13;13-9-1-4-12(7-9)6-8-5-10-2-3-11-8;1-2;;/h1-10,22-23,27H,11-19H2;2-3,8,15-16,26H,4-7,9-12H2,1H3;1-10,19H,11-16H2;10-12,16H,2-8H2,1H3;8-11,13H,1-7H2;2H2,1H3;1H4;1H/t22?,23-;15?,16-;;10?,11-;8?,9-;;;/m11.11.../s1. The molecule has 26 heteroatoms. The molecule has 5 aromatic carbocycles. The van der Waals surface area contributed by atoms with E-state index in [-0.39, 0.29) is 74.4 Å². The molecule has 9 atom stereocenters. The molecule has 3 amide bonds. The molecular formula is C83H129Cl4N15O7. The van der Waals surface area contributed by atoms with Gasteiger partial charge in [-0.25, -0.2) is 0 Å². The van der Waals surface area contributed by atoms with Crippen LogP contribution in [0.5, 0.6) is 0 Å². The zero-order chi connectivity index (χ0) is 75.9. The van der Waals surface area contributed by atoms with Crippen molar-refractivity contribution in [2.75, 3.05) is 190 Å². The molecule has 109 heavy (non-hydrogen) atoms. The number of likely N-dealkylation sites (tertiary alicyclic amines) is 4. The van der Waals surface area contributed by atoms with E-state index in [1.165, 1.54) is 29.3 Å². The molecule has 5 aromatic rings. The SMILES string of the molecule is C.CC(=O)N1CCN(C(=O)Cc2ccc(Cl)c(Cl)c2)C(CN2CC[C@@H](O)C2)C1.CC(=O)N1CCNC(CN2CC[C@@H](O)C2)C1.CN.Cl.ClCC1CN(Cc2ccccc2)CCN1Cc1ccccc1.O[C@@H]1CCN(CC2CN(Cc3ccccc3)CCN2Cc2ccccc2)C1.O[C@@H]1CCN(CC2CNCCN2)C1. The number of amides is 3. The van der Waals surface area contributed by atoms with Crippen LogP contribution in [0.3, 0.4) is 0 Å². The third-order valence-corrected chi connectivity index (χ3v) is 22.9. The highest BCUT2D eigenvalue weighted by Crippen LogP contribution is 2.26. The molecular weight excluding hydrogens is 1460 g/mol. The van der Waals surface area contributed by atoms with Gasteiger partial charge in [0.2, 0.25) is 17.7 Å². The van der Waals surface area contributed by atoms with Gasteiger partial charge in [0.05, 0.1) is 46.9 Å². The van der Waals surface area contributed by atoms with E-state index in [0.717, 1.165) is 201 Å². The third-order valence-electron chi connectivity index (χ3n) is 21.8. The largest absolute Gasteiger partial charge is 0.392 e. The van der Waals surface area contributed by atoms with Crippen molar-refractivity contribution >= 4 is 64.9 Å². The summed E-state index contributed by atoms with van der Waals surface area (Å²) in [5, 5.41) is 49.7. The number of alkyl halides is 1.